The van der Waals surface area contributed by atoms with Gasteiger partial charge in [-0.15, -0.1) is 0 Å². The molecule has 0 spiro atoms. The molecular formula is C27H31N3O7S2. The second kappa shape index (κ2) is 12.2. The number of piperidine rings is 1. The highest BCUT2D eigenvalue weighted by molar-refractivity contribution is 8.18. The van der Waals surface area contributed by atoms with Crippen molar-refractivity contribution < 1.29 is 32.3 Å². The molecule has 0 saturated carbocycles. The maximum absolute atomic E-state index is 13.2. The van der Waals surface area contributed by atoms with Crippen molar-refractivity contribution in [1.82, 2.24) is 14.5 Å². The van der Waals surface area contributed by atoms with Crippen LogP contribution < -0.4 is 14.8 Å². The van der Waals surface area contributed by atoms with Crippen LogP contribution in [-0.4, -0.2) is 75.1 Å². The van der Waals surface area contributed by atoms with Crippen LogP contribution in [0, 0.1) is 6.92 Å². The lowest BCUT2D eigenvalue weighted by molar-refractivity contribution is -0.122. The lowest BCUT2D eigenvalue weighted by atomic mass is 10.1. The predicted molar refractivity (Wildman–Crippen MR) is 148 cm³/mol. The summed E-state index contributed by atoms with van der Waals surface area (Å²) in [7, 11) is -0.672. The van der Waals surface area contributed by atoms with E-state index < -0.39 is 27.1 Å². The van der Waals surface area contributed by atoms with E-state index in [9.17, 15) is 22.8 Å². The number of hydrogen-bond donors (Lipinski definition) is 1. The highest BCUT2D eigenvalue weighted by Gasteiger charge is 2.35. The third-order valence-electron chi connectivity index (χ3n) is 6.58. The molecule has 2 saturated heterocycles. The van der Waals surface area contributed by atoms with Crippen molar-refractivity contribution in [2.45, 2.75) is 31.1 Å². The SMILES string of the molecule is COc1ccc(/C=C2\SC(=O)N(CCNC(=O)c3ccc(C)c(S(=O)(=O)N4CCCCC4)c3)C2=O)cc1OC. The molecule has 2 aromatic carbocycles. The van der Waals surface area contributed by atoms with Crippen LogP contribution in [0.2, 0.25) is 0 Å². The summed E-state index contributed by atoms with van der Waals surface area (Å²) in [5, 5.41) is 2.25. The molecule has 0 radical (unpaired) electrons. The zero-order valence-corrected chi connectivity index (χ0v) is 23.7. The summed E-state index contributed by atoms with van der Waals surface area (Å²) in [4.78, 5) is 39.6. The molecule has 2 heterocycles. The van der Waals surface area contributed by atoms with Crippen molar-refractivity contribution in [1.29, 1.82) is 0 Å². The highest BCUT2D eigenvalue weighted by atomic mass is 32.2. The fourth-order valence-electron chi connectivity index (χ4n) is 4.43. The van der Waals surface area contributed by atoms with Crippen LogP contribution in [0.3, 0.4) is 0 Å². The van der Waals surface area contributed by atoms with E-state index in [2.05, 4.69) is 5.32 Å². The molecule has 1 N–H and O–H groups in total. The van der Waals surface area contributed by atoms with Gasteiger partial charge in [-0.3, -0.25) is 19.3 Å². The first-order chi connectivity index (χ1) is 18.6. The number of rotatable bonds is 9. The van der Waals surface area contributed by atoms with Gasteiger partial charge in [0.1, 0.15) is 0 Å². The third-order valence-corrected chi connectivity index (χ3v) is 9.53. The van der Waals surface area contributed by atoms with E-state index >= 15 is 0 Å². The predicted octanol–water partition coefficient (Wildman–Crippen LogP) is 3.65. The zero-order valence-electron chi connectivity index (χ0n) is 22.1. The molecule has 0 aliphatic carbocycles. The summed E-state index contributed by atoms with van der Waals surface area (Å²) >= 11 is 0.817. The molecule has 2 aromatic rings. The van der Waals surface area contributed by atoms with Gasteiger partial charge in [-0.2, -0.15) is 4.31 Å². The van der Waals surface area contributed by atoms with Crippen molar-refractivity contribution in [2.75, 3.05) is 40.4 Å². The first kappa shape index (κ1) is 28.7. The Labute approximate surface area is 232 Å². The van der Waals surface area contributed by atoms with Gasteiger partial charge in [0.05, 0.1) is 24.0 Å². The minimum atomic E-state index is -3.71. The number of imide groups is 1. The van der Waals surface area contributed by atoms with Crippen molar-refractivity contribution in [3.05, 3.63) is 58.0 Å². The molecular weight excluding hydrogens is 542 g/mol. The maximum Gasteiger partial charge on any atom is 0.293 e. The smallest absolute Gasteiger partial charge is 0.293 e. The van der Waals surface area contributed by atoms with Gasteiger partial charge >= 0.3 is 0 Å². The van der Waals surface area contributed by atoms with Crippen LogP contribution in [0.1, 0.15) is 40.7 Å². The van der Waals surface area contributed by atoms with Gasteiger partial charge in [0.25, 0.3) is 17.1 Å². The van der Waals surface area contributed by atoms with E-state index in [1.807, 2.05) is 0 Å². The number of aryl methyl sites for hydroxylation is 1. The molecule has 2 fully saturated rings. The molecule has 3 amide bonds. The van der Waals surface area contributed by atoms with Gasteiger partial charge in [-0.05, 0) is 73.0 Å². The molecule has 0 unspecified atom stereocenters. The van der Waals surface area contributed by atoms with Crippen LogP contribution in [0.15, 0.2) is 46.2 Å². The average Bonchev–Trinajstić information content (AvgIpc) is 3.20. The van der Waals surface area contributed by atoms with Crippen LogP contribution in [0.25, 0.3) is 6.08 Å². The second-order valence-corrected chi connectivity index (χ2v) is 12.0. The Morgan fingerprint density at radius 3 is 2.44 bits per heavy atom. The fraction of sp³-hybridized carbons (Fsp3) is 0.370. The zero-order chi connectivity index (χ0) is 28.2. The number of ether oxygens (including phenoxy) is 2. The van der Waals surface area contributed by atoms with E-state index in [0.717, 1.165) is 35.9 Å². The number of amides is 3. The van der Waals surface area contributed by atoms with Gasteiger partial charge in [0, 0.05) is 31.7 Å². The Bertz CT molecular complexity index is 1420. The Morgan fingerprint density at radius 2 is 1.74 bits per heavy atom. The van der Waals surface area contributed by atoms with Gasteiger partial charge in [0.15, 0.2) is 11.5 Å². The molecule has 0 bridgehead atoms. The largest absolute Gasteiger partial charge is 0.493 e. The molecule has 0 aromatic heterocycles. The van der Waals surface area contributed by atoms with E-state index in [0.29, 0.717) is 35.7 Å². The number of nitrogens with zero attached hydrogens (tertiary/aromatic N) is 2. The van der Waals surface area contributed by atoms with Gasteiger partial charge in [-0.25, -0.2) is 8.42 Å². The summed E-state index contributed by atoms with van der Waals surface area (Å²) in [5.41, 5.74) is 1.43. The average molecular weight is 574 g/mol. The van der Waals surface area contributed by atoms with Crippen LogP contribution in [0.5, 0.6) is 11.5 Å². The minimum absolute atomic E-state index is 0.0165. The van der Waals surface area contributed by atoms with Gasteiger partial charge in [-0.1, -0.05) is 18.6 Å². The molecule has 4 rings (SSSR count). The normalized spacial score (nSPS) is 17.5. The van der Waals surface area contributed by atoms with Crippen molar-refractivity contribution in [3.8, 4) is 11.5 Å². The quantitative estimate of drug-likeness (QED) is 0.451. The number of methoxy groups -OCH3 is 2. The summed E-state index contributed by atoms with van der Waals surface area (Å²) in [6.07, 6.45) is 4.23. The first-order valence-corrected chi connectivity index (χ1v) is 14.8. The molecule has 39 heavy (non-hydrogen) atoms. The molecule has 2 aliphatic heterocycles. The van der Waals surface area contributed by atoms with Crippen molar-refractivity contribution in [2.24, 2.45) is 0 Å². The van der Waals surface area contributed by atoms with Crippen molar-refractivity contribution >= 4 is 44.9 Å². The number of hydrogen-bond acceptors (Lipinski definition) is 8. The molecule has 208 valence electrons. The Kier molecular flexibility index (Phi) is 8.98. The van der Waals surface area contributed by atoms with E-state index in [4.69, 9.17) is 9.47 Å². The number of thioether (sulfide) groups is 1. The highest BCUT2D eigenvalue weighted by Crippen LogP contribution is 2.34. The Hall–Kier alpha value is -3.35. The molecule has 10 nitrogen and oxygen atoms in total. The summed E-state index contributed by atoms with van der Waals surface area (Å²) in [6.45, 7) is 2.63. The molecule has 12 heteroatoms. The van der Waals surface area contributed by atoms with E-state index in [-0.39, 0.29) is 28.5 Å². The second-order valence-electron chi connectivity index (χ2n) is 9.15. The molecule has 0 atom stereocenters. The number of carbonyl (C=O) groups is 3. The monoisotopic (exact) mass is 573 g/mol. The number of nitrogens with one attached hydrogen (secondary N) is 1. The summed E-state index contributed by atoms with van der Waals surface area (Å²) in [5.74, 6) is 0.0942. The maximum atomic E-state index is 13.2. The lowest BCUT2D eigenvalue weighted by Gasteiger charge is -2.26. The third kappa shape index (κ3) is 6.29. The van der Waals surface area contributed by atoms with Crippen LogP contribution in [-0.2, 0) is 14.8 Å². The summed E-state index contributed by atoms with van der Waals surface area (Å²) in [6, 6.07) is 9.72. The topological polar surface area (TPSA) is 122 Å². The lowest BCUT2D eigenvalue weighted by Crippen LogP contribution is -2.37. The number of carbonyl (C=O) groups excluding carboxylic acids is 3. The van der Waals surface area contributed by atoms with Gasteiger partial charge < -0.3 is 14.8 Å². The number of benzene rings is 2. The van der Waals surface area contributed by atoms with Gasteiger partial charge in [0.2, 0.25) is 10.0 Å². The van der Waals surface area contributed by atoms with Crippen LogP contribution in [0.4, 0.5) is 4.79 Å². The minimum Gasteiger partial charge on any atom is -0.493 e. The fourth-order valence-corrected chi connectivity index (χ4v) is 7.07. The van der Waals surface area contributed by atoms with E-state index in [1.54, 1.807) is 43.3 Å². The number of sulfonamides is 1. The first-order valence-electron chi connectivity index (χ1n) is 12.5. The standard InChI is InChI=1S/C27H31N3O7S2/c1-18-7-9-20(17-24(18)39(34,35)29-12-5-4-6-13-29)25(31)28-11-14-30-26(32)23(38-27(30)33)16-19-8-10-21(36-2)22(15-19)37-3/h7-10,15-17H,4-6,11-14H2,1-3H3,(H,28,31)/b23-16-. The Morgan fingerprint density at radius 1 is 1.03 bits per heavy atom. The van der Waals surface area contributed by atoms with E-state index in [1.165, 1.54) is 24.6 Å². The summed E-state index contributed by atoms with van der Waals surface area (Å²) < 4.78 is 38.3. The van der Waals surface area contributed by atoms with Crippen molar-refractivity contribution in [3.63, 3.8) is 0 Å². The van der Waals surface area contributed by atoms with Crippen LogP contribution >= 0.6 is 11.8 Å². The Balaban J connectivity index is 1.40. The molecule has 2 aliphatic rings.